The Morgan fingerprint density at radius 2 is 1.70 bits per heavy atom. The summed E-state index contributed by atoms with van der Waals surface area (Å²) in [5.74, 6) is -0.363. The van der Waals surface area contributed by atoms with Crippen LogP contribution in [-0.2, 0) is 17.6 Å². The molecule has 10 heteroatoms. The Kier molecular flexibility index (Phi) is 8.00. The van der Waals surface area contributed by atoms with Crippen LogP contribution in [0.4, 0.5) is 18.9 Å². The van der Waals surface area contributed by atoms with Gasteiger partial charge in [0.1, 0.15) is 18.3 Å². The van der Waals surface area contributed by atoms with Crippen molar-refractivity contribution >= 4 is 28.9 Å². The Hall–Kier alpha value is -3.32. The molecule has 0 saturated carbocycles. The molecule has 6 nitrogen and oxygen atoms in total. The number of amides is 1. The van der Waals surface area contributed by atoms with E-state index in [-0.39, 0.29) is 29.4 Å². The molecule has 0 fully saturated rings. The highest BCUT2D eigenvalue weighted by atomic mass is 32.1. The fourth-order valence-electron chi connectivity index (χ4n) is 2.59. The molecule has 1 atom stereocenters. The first kappa shape index (κ1) is 23.0. The Morgan fingerprint density at radius 3 is 2.27 bits per heavy atom. The Bertz CT molecular complexity index is 910. The number of carbonyl (C=O) groups excluding carboxylic acids is 1. The van der Waals surface area contributed by atoms with E-state index in [4.69, 9.17) is 17.5 Å². The van der Waals surface area contributed by atoms with Crippen LogP contribution in [0.5, 0.6) is 5.75 Å². The van der Waals surface area contributed by atoms with Crippen LogP contribution in [0.1, 0.15) is 11.1 Å². The number of nitrogens with zero attached hydrogens (tertiary/aromatic N) is 1. The number of nitrogens with one attached hydrogen (secondary N) is 3. The fraction of sp³-hybridized carbons (Fsp3) is 0.250. The number of hydrogen-bond donors (Lipinski definition) is 4. The third-order valence-corrected chi connectivity index (χ3v) is 4.18. The second-order valence-corrected chi connectivity index (χ2v) is 6.79. The van der Waals surface area contributed by atoms with Gasteiger partial charge in [0.15, 0.2) is 5.11 Å². The van der Waals surface area contributed by atoms with Crippen molar-refractivity contribution in [2.24, 2.45) is 0 Å². The summed E-state index contributed by atoms with van der Waals surface area (Å²) in [6.07, 6.45) is -5.09. The quantitative estimate of drug-likeness (QED) is 0.394. The SMILES string of the molecule is N#CCNC(=O)C(Cc1ccc(O)cc1)NC(=S)Nc1ccc(CC(F)(F)F)cc1. The number of anilines is 1. The first-order valence-corrected chi connectivity index (χ1v) is 9.23. The van der Waals surface area contributed by atoms with Gasteiger partial charge < -0.3 is 21.1 Å². The minimum absolute atomic E-state index is 0.0864. The lowest BCUT2D eigenvalue weighted by atomic mass is 10.1. The normalized spacial score (nSPS) is 11.8. The third kappa shape index (κ3) is 7.97. The molecule has 0 heterocycles. The van der Waals surface area contributed by atoms with Crippen LogP contribution >= 0.6 is 12.2 Å². The van der Waals surface area contributed by atoms with Gasteiger partial charge in [0.2, 0.25) is 5.91 Å². The molecule has 1 amide bonds. The molecular weight excluding hydrogens is 417 g/mol. The van der Waals surface area contributed by atoms with Crippen LogP contribution < -0.4 is 16.0 Å². The summed E-state index contributed by atoms with van der Waals surface area (Å²) >= 11 is 5.21. The summed E-state index contributed by atoms with van der Waals surface area (Å²) in [4.78, 5) is 12.4. The highest BCUT2D eigenvalue weighted by Gasteiger charge is 2.27. The van der Waals surface area contributed by atoms with E-state index in [1.807, 2.05) is 6.07 Å². The van der Waals surface area contributed by atoms with Crippen molar-refractivity contribution < 1.29 is 23.1 Å². The number of aromatic hydroxyl groups is 1. The molecule has 30 heavy (non-hydrogen) atoms. The van der Waals surface area contributed by atoms with Gasteiger partial charge >= 0.3 is 6.18 Å². The summed E-state index contributed by atoms with van der Waals surface area (Å²) in [6.45, 7) is -0.173. The van der Waals surface area contributed by atoms with Crippen LogP contribution in [-0.4, -0.2) is 34.9 Å². The number of carbonyl (C=O) groups is 1. The summed E-state index contributed by atoms with van der Waals surface area (Å²) in [7, 11) is 0. The number of hydrogen-bond acceptors (Lipinski definition) is 4. The molecule has 0 radical (unpaired) electrons. The van der Waals surface area contributed by atoms with Gasteiger partial charge in [-0.25, -0.2) is 0 Å². The molecule has 0 aliphatic carbocycles. The number of nitriles is 1. The summed E-state index contributed by atoms with van der Waals surface area (Å²) in [5, 5.41) is 26.3. The second kappa shape index (κ2) is 10.5. The van der Waals surface area contributed by atoms with E-state index in [2.05, 4.69) is 16.0 Å². The lowest BCUT2D eigenvalue weighted by Crippen LogP contribution is -2.49. The van der Waals surface area contributed by atoms with Crippen molar-refractivity contribution in [3.63, 3.8) is 0 Å². The molecule has 4 N–H and O–H groups in total. The molecule has 0 saturated heterocycles. The standard InChI is InChI=1S/C20H19F3N4O2S/c21-20(22,23)12-14-1-5-15(6-2-14)26-19(30)27-17(18(29)25-10-9-24)11-13-3-7-16(28)8-4-13/h1-8,17,28H,10-12H2,(H,25,29)(H2,26,27,30). The molecule has 2 aromatic rings. The van der Waals surface area contributed by atoms with Gasteiger partial charge in [0.25, 0.3) is 0 Å². The van der Waals surface area contributed by atoms with E-state index in [1.165, 1.54) is 36.4 Å². The number of phenolic OH excluding ortho intramolecular Hbond substituents is 1. The molecule has 0 aliphatic heterocycles. The van der Waals surface area contributed by atoms with Gasteiger partial charge in [0, 0.05) is 12.1 Å². The first-order valence-electron chi connectivity index (χ1n) is 8.82. The zero-order valence-electron chi connectivity index (χ0n) is 15.7. The second-order valence-electron chi connectivity index (χ2n) is 6.39. The maximum absolute atomic E-state index is 12.4. The van der Waals surface area contributed by atoms with Crippen molar-refractivity contribution in [2.75, 3.05) is 11.9 Å². The summed E-state index contributed by atoms with van der Waals surface area (Å²) < 4.78 is 37.3. The van der Waals surface area contributed by atoms with Crippen LogP contribution in [0.25, 0.3) is 0 Å². The number of rotatable bonds is 7. The molecule has 2 rings (SSSR count). The Balaban J connectivity index is 2.03. The van der Waals surface area contributed by atoms with E-state index in [9.17, 15) is 23.1 Å². The van der Waals surface area contributed by atoms with Gasteiger partial charge in [-0.1, -0.05) is 24.3 Å². The topological polar surface area (TPSA) is 97.2 Å². The molecule has 2 aromatic carbocycles. The van der Waals surface area contributed by atoms with Crippen molar-refractivity contribution in [2.45, 2.75) is 25.1 Å². The molecule has 0 bridgehead atoms. The van der Waals surface area contributed by atoms with Gasteiger partial charge in [-0.3, -0.25) is 4.79 Å². The van der Waals surface area contributed by atoms with Crippen LogP contribution in [0.15, 0.2) is 48.5 Å². The van der Waals surface area contributed by atoms with Crippen LogP contribution in [0.2, 0.25) is 0 Å². The third-order valence-electron chi connectivity index (χ3n) is 3.96. The first-order chi connectivity index (χ1) is 14.2. The largest absolute Gasteiger partial charge is 0.508 e. The van der Waals surface area contributed by atoms with E-state index < -0.39 is 24.5 Å². The molecule has 158 valence electrons. The van der Waals surface area contributed by atoms with Gasteiger partial charge in [0.05, 0.1) is 12.5 Å². The minimum Gasteiger partial charge on any atom is -0.508 e. The number of benzene rings is 2. The lowest BCUT2D eigenvalue weighted by molar-refractivity contribution is -0.127. The van der Waals surface area contributed by atoms with Crippen molar-refractivity contribution in [3.8, 4) is 11.8 Å². The molecular formula is C20H19F3N4O2S. The number of thiocarbonyl (C=S) groups is 1. The molecule has 0 aliphatic rings. The van der Waals surface area contributed by atoms with Crippen LogP contribution in [0, 0.1) is 11.3 Å². The van der Waals surface area contributed by atoms with E-state index in [1.54, 1.807) is 12.1 Å². The highest BCUT2D eigenvalue weighted by Crippen LogP contribution is 2.22. The van der Waals surface area contributed by atoms with Crippen molar-refractivity contribution in [1.29, 1.82) is 5.26 Å². The van der Waals surface area contributed by atoms with Gasteiger partial charge in [-0.2, -0.15) is 18.4 Å². The van der Waals surface area contributed by atoms with Crippen molar-refractivity contribution in [1.82, 2.24) is 10.6 Å². The number of phenols is 1. The average molecular weight is 436 g/mol. The minimum atomic E-state index is -4.29. The van der Waals surface area contributed by atoms with Crippen molar-refractivity contribution in [3.05, 3.63) is 59.7 Å². The Labute approximate surface area is 176 Å². The lowest BCUT2D eigenvalue weighted by Gasteiger charge is -2.20. The monoisotopic (exact) mass is 436 g/mol. The highest BCUT2D eigenvalue weighted by molar-refractivity contribution is 7.80. The maximum Gasteiger partial charge on any atom is 0.393 e. The zero-order chi connectivity index (χ0) is 22.1. The van der Waals surface area contributed by atoms with Crippen LogP contribution in [0.3, 0.4) is 0 Å². The Morgan fingerprint density at radius 1 is 1.10 bits per heavy atom. The summed E-state index contributed by atoms with van der Waals surface area (Å²) in [5.41, 5.74) is 1.32. The number of alkyl halides is 3. The average Bonchev–Trinajstić information content (AvgIpc) is 2.67. The van der Waals surface area contributed by atoms with E-state index in [0.717, 1.165) is 5.56 Å². The van der Waals surface area contributed by atoms with E-state index >= 15 is 0 Å². The maximum atomic E-state index is 12.4. The molecule has 0 spiro atoms. The predicted molar refractivity (Wildman–Crippen MR) is 110 cm³/mol. The van der Waals surface area contributed by atoms with E-state index in [0.29, 0.717) is 5.69 Å². The summed E-state index contributed by atoms with van der Waals surface area (Å²) in [6, 6.07) is 12.9. The number of halogens is 3. The fourth-order valence-corrected chi connectivity index (χ4v) is 2.85. The van der Waals surface area contributed by atoms with Gasteiger partial charge in [-0.15, -0.1) is 0 Å². The predicted octanol–water partition coefficient (Wildman–Crippen LogP) is 3.03. The molecule has 1 unspecified atom stereocenters. The zero-order valence-corrected chi connectivity index (χ0v) is 16.5. The smallest absolute Gasteiger partial charge is 0.393 e. The van der Waals surface area contributed by atoms with Gasteiger partial charge in [-0.05, 0) is 47.6 Å². The molecule has 0 aromatic heterocycles.